The molecular weight excluding hydrogens is 293 g/mol. The third-order valence-corrected chi connectivity index (χ3v) is 3.94. The summed E-state index contributed by atoms with van der Waals surface area (Å²) in [5, 5.41) is 10.4. The van der Waals surface area contributed by atoms with Crippen LogP contribution in [-0.2, 0) is 13.1 Å². The van der Waals surface area contributed by atoms with Crippen molar-refractivity contribution in [3.63, 3.8) is 0 Å². The smallest absolute Gasteiger partial charge is 0.103 e. The van der Waals surface area contributed by atoms with Gasteiger partial charge in [0.2, 0.25) is 0 Å². The first-order valence-electron chi connectivity index (χ1n) is 6.61. The zero-order valence-electron chi connectivity index (χ0n) is 11.2. The maximum absolute atomic E-state index is 9.22. The van der Waals surface area contributed by atoms with Crippen LogP contribution in [-0.4, -0.2) is 18.3 Å². The first-order chi connectivity index (χ1) is 9.69. The van der Waals surface area contributed by atoms with Gasteiger partial charge in [-0.3, -0.25) is 0 Å². The Hall–Kier alpha value is -1.06. The molecule has 0 fully saturated rings. The number of rotatable bonds is 6. The summed E-state index contributed by atoms with van der Waals surface area (Å²) in [5.74, 6) is 0. The molecule has 0 radical (unpaired) electrons. The summed E-state index contributed by atoms with van der Waals surface area (Å²) in [7, 11) is 0. The molecule has 0 aromatic heterocycles. The fourth-order valence-electron chi connectivity index (χ4n) is 2.22. The van der Waals surface area contributed by atoms with Crippen LogP contribution in [0.25, 0.3) is 0 Å². The number of quaternary nitrogens is 1. The van der Waals surface area contributed by atoms with E-state index in [1.54, 1.807) is 0 Å². The van der Waals surface area contributed by atoms with Crippen molar-refractivity contribution in [1.82, 2.24) is 0 Å². The lowest BCUT2D eigenvalue weighted by atomic mass is 10.1. The Bertz CT molecular complexity index is 545. The normalized spacial score (nSPS) is 12.3. The Balaban J connectivity index is 2.06. The molecule has 2 aromatic carbocycles. The largest absolute Gasteiger partial charge is 0.391 e. The van der Waals surface area contributed by atoms with Gasteiger partial charge in [0, 0.05) is 11.1 Å². The maximum Gasteiger partial charge on any atom is 0.103 e. The van der Waals surface area contributed by atoms with Crippen LogP contribution in [0.4, 0.5) is 0 Å². The van der Waals surface area contributed by atoms with Crippen LogP contribution in [0, 0.1) is 0 Å². The van der Waals surface area contributed by atoms with E-state index in [1.165, 1.54) is 10.5 Å². The van der Waals surface area contributed by atoms with Crippen molar-refractivity contribution in [3.05, 3.63) is 69.7 Å². The van der Waals surface area contributed by atoms with Crippen LogP contribution >= 0.6 is 23.2 Å². The Morgan fingerprint density at radius 1 is 0.850 bits per heavy atom. The van der Waals surface area contributed by atoms with Gasteiger partial charge in [0.1, 0.15) is 19.6 Å². The van der Waals surface area contributed by atoms with E-state index in [1.807, 2.05) is 36.4 Å². The quantitative estimate of drug-likeness (QED) is 0.842. The third kappa shape index (κ3) is 4.50. The Labute approximate surface area is 129 Å². The summed E-state index contributed by atoms with van der Waals surface area (Å²) in [4.78, 5) is 1.29. The number of aliphatic hydroxyl groups is 1. The molecule has 1 unspecified atom stereocenters. The van der Waals surface area contributed by atoms with Crippen molar-refractivity contribution in [1.29, 1.82) is 0 Å². The molecule has 2 nitrogen and oxygen atoms in total. The van der Waals surface area contributed by atoms with E-state index in [0.29, 0.717) is 16.6 Å². The second-order valence-electron chi connectivity index (χ2n) is 4.81. The lowest BCUT2D eigenvalue weighted by Crippen LogP contribution is -3.09. The van der Waals surface area contributed by atoms with Gasteiger partial charge in [-0.15, -0.1) is 0 Å². The van der Waals surface area contributed by atoms with E-state index < -0.39 is 0 Å². The predicted octanol–water partition coefficient (Wildman–Crippen LogP) is 2.57. The highest BCUT2D eigenvalue weighted by molar-refractivity contribution is 6.42. The van der Waals surface area contributed by atoms with E-state index in [9.17, 15) is 5.11 Å². The van der Waals surface area contributed by atoms with Gasteiger partial charge >= 0.3 is 0 Å². The summed E-state index contributed by atoms with van der Waals surface area (Å²) in [6.07, 6.45) is 0. The number of benzene rings is 2. The molecule has 106 valence electrons. The molecule has 0 aliphatic carbocycles. The van der Waals surface area contributed by atoms with Crippen LogP contribution in [0.3, 0.4) is 0 Å². The van der Waals surface area contributed by atoms with E-state index in [0.717, 1.165) is 18.7 Å². The Morgan fingerprint density at radius 3 is 2.20 bits per heavy atom. The predicted molar refractivity (Wildman–Crippen MR) is 83.2 cm³/mol. The van der Waals surface area contributed by atoms with Gasteiger partial charge in [0.05, 0.1) is 16.7 Å². The van der Waals surface area contributed by atoms with Crippen molar-refractivity contribution in [3.8, 4) is 0 Å². The highest BCUT2D eigenvalue weighted by Crippen LogP contribution is 2.22. The highest BCUT2D eigenvalue weighted by atomic mass is 35.5. The molecular formula is C16H18Cl2NO+. The van der Waals surface area contributed by atoms with Crippen molar-refractivity contribution in [2.24, 2.45) is 0 Å². The fraction of sp³-hybridized carbons (Fsp3) is 0.250. The Morgan fingerprint density at radius 2 is 1.55 bits per heavy atom. The van der Waals surface area contributed by atoms with Gasteiger partial charge in [-0.1, -0.05) is 59.6 Å². The summed E-state index contributed by atoms with van der Waals surface area (Å²) in [6.45, 7) is 2.56. The van der Waals surface area contributed by atoms with Crippen molar-refractivity contribution in [2.45, 2.75) is 13.1 Å². The van der Waals surface area contributed by atoms with E-state index in [2.05, 4.69) is 12.1 Å². The summed E-state index contributed by atoms with van der Waals surface area (Å²) < 4.78 is 0. The molecule has 1 atom stereocenters. The van der Waals surface area contributed by atoms with Crippen LogP contribution in [0.2, 0.25) is 10.0 Å². The van der Waals surface area contributed by atoms with Gasteiger partial charge in [-0.05, 0) is 12.1 Å². The van der Waals surface area contributed by atoms with Gasteiger partial charge in [-0.25, -0.2) is 0 Å². The van der Waals surface area contributed by atoms with Gasteiger partial charge in [0.15, 0.2) is 0 Å². The lowest BCUT2D eigenvalue weighted by Gasteiger charge is -2.19. The molecule has 0 bridgehead atoms. The Kier molecular flexibility index (Phi) is 5.86. The molecule has 2 aromatic rings. The number of halogens is 2. The number of hydrogen-bond donors (Lipinski definition) is 2. The number of nitrogens with one attached hydrogen (secondary N) is 1. The third-order valence-electron chi connectivity index (χ3n) is 3.20. The van der Waals surface area contributed by atoms with Crippen LogP contribution in [0.1, 0.15) is 11.1 Å². The molecule has 0 saturated carbocycles. The van der Waals surface area contributed by atoms with Gasteiger partial charge in [0.25, 0.3) is 0 Å². The zero-order valence-corrected chi connectivity index (χ0v) is 12.7. The van der Waals surface area contributed by atoms with E-state index in [-0.39, 0.29) is 6.61 Å². The second kappa shape index (κ2) is 7.65. The van der Waals surface area contributed by atoms with Crippen LogP contribution in [0.5, 0.6) is 0 Å². The average Bonchev–Trinajstić information content (AvgIpc) is 2.44. The highest BCUT2D eigenvalue weighted by Gasteiger charge is 2.11. The number of hydrogen-bond acceptors (Lipinski definition) is 1. The van der Waals surface area contributed by atoms with Crippen LogP contribution < -0.4 is 4.90 Å². The minimum absolute atomic E-state index is 0.170. The van der Waals surface area contributed by atoms with Crippen molar-refractivity contribution >= 4 is 23.2 Å². The van der Waals surface area contributed by atoms with Crippen molar-refractivity contribution in [2.75, 3.05) is 13.2 Å². The number of aliphatic hydroxyl groups excluding tert-OH is 1. The van der Waals surface area contributed by atoms with Crippen LogP contribution in [0.15, 0.2) is 48.5 Å². The molecule has 4 heteroatoms. The molecule has 0 spiro atoms. The standard InChI is InChI=1S/C16H17Cl2NO/c17-15-7-6-14(10-16(15)18)12-19(8-9-20)11-13-4-2-1-3-5-13/h1-7,10,20H,8-9,11-12H2/p+1. The molecule has 20 heavy (non-hydrogen) atoms. The van der Waals surface area contributed by atoms with E-state index >= 15 is 0 Å². The van der Waals surface area contributed by atoms with Crippen molar-refractivity contribution < 1.29 is 10.0 Å². The molecule has 0 aliphatic rings. The zero-order chi connectivity index (χ0) is 14.4. The first-order valence-corrected chi connectivity index (χ1v) is 7.37. The van der Waals surface area contributed by atoms with Gasteiger partial charge in [-0.2, -0.15) is 0 Å². The summed E-state index contributed by atoms with van der Waals surface area (Å²) >= 11 is 12.0. The summed E-state index contributed by atoms with van der Waals surface area (Å²) in [6, 6.07) is 16.0. The molecule has 2 N–H and O–H groups in total. The van der Waals surface area contributed by atoms with Gasteiger partial charge < -0.3 is 10.0 Å². The second-order valence-corrected chi connectivity index (χ2v) is 5.63. The topological polar surface area (TPSA) is 24.7 Å². The molecule has 0 heterocycles. The summed E-state index contributed by atoms with van der Waals surface area (Å²) in [5.41, 5.74) is 2.38. The molecule has 0 amide bonds. The molecule has 0 saturated heterocycles. The fourth-order valence-corrected chi connectivity index (χ4v) is 2.54. The SMILES string of the molecule is OCC[NH+](Cc1ccccc1)Cc1ccc(Cl)c(Cl)c1. The molecule has 2 rings (SSSR count). The monoisotopic (exact) mass is 310 g/mol. The maximum atomic E-state index is 9.22. The minimum atomic E-state index is 0.170. The first kappa shape index (κ1) is 15.3. The lowest BCUT2D eigenvalue weighted by molar-refractivity contribution is -0.927. The average molecular weight is 311 g/mol. The minimum Gasteiger partial charge on any atom is -0.391 e. The van der Waals surface area contributed by atoms with E-state index in [4.69, 9.17) is 23.2 Å². The molecule has 0 aliphatic heterocycles.